The van der Waals surface area contributed by atoms with E-state index in [1.165, 1.54) is 5.56 Å². The Kier molecular flexibility index (Phi) is 3.15. The Morgan fingerprint density at radius 3 is 2.79 bits per heavy atom. The second-order valence-corrected chi connectivity index (χ2v) is 5.15. The molecule has 2 N–H and O–H groups in total. The molecule has 1 saturated carbocycles. The van der Waals surface area contributed by atoms with Gasteiger partial charge in [0.15, 0.2) is 0 Å². The van der Waals surface area contributed by atoms with E-state index >= 15 is 0 Å². The van der Waals surface area contributed by atoms with Crippen LogP contribution in [0.4, 0.5) is 0 Å². The maximum Gasteiger partial charge on any atom is 0.0582 e. The summed E-state index contributed by atoms with van der Waals surface area (Å²) in [6.07, 6.45) is 3.35. The summed E-state index contributed by atoms with van der Waals surface area (Å²) >= 11 is 9.68. The van der Waals surface area contributed by atoms with Crippen LogP contribution in [0.2, 0.25) is 5.02 Å². The van der Waals surface area contributed by atoms with E-state index in [2.05, 4.69) is 22.0 Å². The zero-order valence-electron chi connectivity index (χ0n) is 7.84. The van der Waals surface area contributed by atoms with Gasteiger partial charge in [-0.05, 0) is 52.7 Å². The van der Waals surface area contributed by atoms with Gasteiger partial charge in [0, 0.05) is 10.5 Å². The van der Waals surface area contributed by atoms with Crippen molar-refractivity contribution in [1.82, 2.24) is 0 Å². The number of halogens is 2. The third kappa shape index (κ3) is 1.97. The van der Waals surface area contributed by atoms with Crippen LogP contribution in [-0.4, -0.2) is 6.04 Å². The van der Waals surface area contributed by atoms with Crippen molar-refractivity contribution in [2.75, 3.05) is 0 Å². The van der Waals surface area contributed by atoms with Gasteiger partial charge in [0.25, 0.3) is 0 Å². The summed E-state index contributed by atoms with van der Waals surface area (Å²) < 4.78 is 0.983. The molecule has 2 unspecified atom stereocenters. The zero-order chi connectivity index (χ0) is 10.1. The van der Waals surface area contributed by atoms with Crippen molar-refractivity contribution in [3.05, 3.63) is 33.3 Å². The molecule has 0 saturated heterocycles. The number of nitrogens with two attached hydrogens (primary N) is 1. The van der Waals surface area contributed by atoms with Crippen LogP contribution in [0.3, 0.4) is 0 Å². The molecule has 1 aromatic rings. The lowest BCUT2D eigenvalue weighted by atomic mass is 9.97. The summed E-state index contributed by atoms with van der Waals surface area (Å²) in [6.45, 7) is 0. The molecule has 0 spiro atoms. The summed E-state index contributed by atoms with van der Waals surface area (Å²) in [5, 5.41) is 0.853. The van der Waals surface area contributed by atoms with Gasteiger partial charge in [-0.15, -0.1) is 0 Å². The molecule has 1 aliphatic carbocycles. The van der Waals surface area contributed by atoms with Crippen molar-refractivity contribution >= 4 is 27.5 Å². The van der Waals surface area contributed by atoms with Crippen molar-refractivity contribution in [2.45, 2.75) is 31.2 Å². The van der Waals surface area contributed by atoms with E-state index in [1.807, 2.05) is 12.1 Å². The van der Waals surface area contributed by atoms with E-state index in [4.69, 9.17) is 17.3 Å². The highest BCUT2D eigenvalue weighted by Gasteiger charge is 2.25. The van der Waals surface area contributed by atoms with Crippen LogP contribution in [-0.2, 0) is 0 Å². The van der Waals surface area contributed by atoms with Gasteiger partial charge in [-0.1, -0.05) is 23.7 Å². The molecule has 1 aromatic carbocycles. The number of hydrogen-bond donors (Lipinski definition) is 1. The molecule has 2 atom stereocenters. The summed E-state index contributed by atoms with van der Waals surface area (Å²) in [7, 11) is 0. The highest BCUT2D eigenvalue weighted by Crippen LogP contribution is 2.39. The van der Waals surface area contributed by atoms with E-state index < -0.39 is 0 Å². The van der Waals surface area contributed by atoms with Gasteiger partial charge in [0.1, 0.15) is 0 Å². The number of rotatable bonds is 1. The smallest absolute Gasteiger partial charge is 0.0582 e. The van der Waals surface area contributed by atoms with E-state index in [0.29, 0.717) is 12.0 Å². The van der Waals surface area contributed by atoms with Gasteiger partial charge in [0.2, 0.25) is 0 Å². The van der Waals surface area contributed by atoms with Gasteiger partial charge < -0.3 is 5.73 Å². The van der Waals surface area contributed by atoms with Crippen LogP contribution in [0.5, 0.6) is 0 Å². The predicted molar refractivity (Wildman–Crippen MR) is 63.7 cm³/mol. The zero-order valence-corrected chi connectivity index (χ0v) is 10.2. The molecule has 1 nitrogen and oxygen atoms in total. The first-order valence-corrected chi connectivity index (χ1v) is 6.05. The average Bonchev–Trinajstić information content (AvgIpc) is 2.57. The fourth-order valence-corrected chi connectivity index (χ4v) is 2.80. The molecule has 0 bridgehead atoms. The number of hydrogen-bond acceptors (Lipinski definition) is 1. The Labute approximate surface area is 97.8 Å². The maximum atomic E-state index is 6.23. The summed E-state index contributed by atoms with van der Waals surface area (Å²) in [5.74, 6) is 0.551. The van der Waals surface area contributed by atoms with Crippen LogP contribution in [0.15, 0.2) is 22.7 Å². The topological polar surface area (TPSA) is 26.0 Å². The molecular formula is C11H13BrClN. The van der Waals surface area contributed by atoms with Gasteiger partial charge >= 0.3 is 0 Å². The first-order chi connectivity index (χ1) is 6.68. The first kappa shape index (κ1) is 10.5. The average molecular weight is 275 g/mol. The third-order valence-electron chi connectivity index (χ3n) is 2.89. The molecule has 14 heavy (non-hydrogen) atoms. The molecule has 0 radical (unpaired) electrons. The quantitative estimate of drug-likeness (QED) is 0.830. The Balaban J connectivity index is 2.28. The molecule has 76 valence electrons. The Morgan fingerprint density at radius 2 is 2.14 bits per heavy atom. The van der Waals surface area contributed by atoms with Crippen molar-refractivity contribution in [1.29, 1.82) is 0 Å². The molecule has 1 fully saturated rings. The first-order valence-electron chi connectivity index (χ1n) is 4.88. The third-order valence-corrected chi connectivity index (χ3v) is 4.21. The molecule has 0 heterocycles. The van der Waals surface area contributed by atoms with Crippen molar-refractivity contribution in [2.24, 2.45) is 5.73 Å². The summed E-state index contributed by atoms with van der Waals surface area (Å²) in [4.78, 5) is 0. The molecule has 2 rings (SSSR count). The minimum atomic E-state index is 0.357. The summed E-state index contributed by atoms with van der Waals surface area (Å²) in [6, 6.07) is 6.47. The largest absolute Gasteiger partial charge is 0.328 e. The maximum absolute atomic E-state index is 6.23. The second kappa shape index (κ2) is 4.21. The SMILES string of the molecule is NC1CCC(c2cccc(Br)c2Cl)C1. The minimum Gasteiger partial charge on any atom is -0.328 e. The lowest BCUT2D eigenvalue weighted by Crippen LogP contribution is -2.14. The highest BCUT2D eigenvalue weighted by atomic mass is 79.9. The van der Waals surface area contributed by atoms with Crippen LogP contribution in [0, 0.1) is 0 Å². The fraction of sp³-hybridized carbons (Fsp3) is 0.455. The fourth-order valence-electron chi connectivity index (χ4n) is 2.13. The van der Waals surface area contributed by atoms with E-state index in [0.717, 1.165) is 28.8 Å². The van der Waals surface area contributed by atoms with Gasteiger partial charge in [-0.2, -0.15) is 0 Å². The lowest BCUT2D eigenvalue weighted by Gasteiger charge is -2.12. The molecule has 0 aliphatic heterocycles. The van der Waals surface area contributed by atoms with Crippen LogP contribution >= 0.6 is 27.5 Å². The van der Waals surface area contributed by atoms with Crippen molar-refractivity contribution in [3.8, 4) is 0 Å². The second-order valence-electron chi connectivity index (χ2n) is 3.91. The van der Waals surface area contributed by atoms with Gasteiger partial charge in [-0.25, -0.2) is 0 Å². The molecule has 0 aromatic heterocycles. The monoisotopic (exact) mass is 273 g/mol. The normalized spacial score (nSPS) is 26.8. The predicted octanol–water partition coefficient (Wildman–Crippen LogP) is 3.70. The molecular weight excluding hydrogens is 261 g/mol. The number of benzene rings is 1. The van der Waals surface area contributed by atoms with Gasteiger partial charge in [0.05, 0.1) is 5.02 Å². The minimum absolute atomic E-state index is 0.357. The Morgan fingerprint density at radius 1 is 1.36 bits per heavy atom. The van der Waals surface area contributed by atoms with Crippen molar-refractivity contribution in [3.63, 3.8) is 0 Å². The van der Waals surface area contributed by atoms with Gasteiger partial charge in [-0.3, -0.25) is 0 Å². The van der Waals surface area contributed by atoms with Crippen LogP contribution in [0.1, 0.15) is 30.7 Å². The highest BCUT2D eigenvalue weighted by molar-refractivity contribution is 9.10. The standard InChI is InChI=1S/C11H13BrClN/c12-10-3-1-2-9(11(10)13)7-4-5-8(14)6-7/h1-3,7-8H,4-6,14H2. The Bertz CT molecular complexity index is 340. The molecule has 0 amide bonds. The summed E-state index contributed by atoms with van der Waals surface area (Å²) in [5.41, 5.74) is 7.14. The lowest BCUT2D eigenvalue weighted by molar-refractivity contribution is 0.674. The van der Waals surface area contributed by atoms with Crippen LogP contribution in [0.25, 0.3) is 0 Å². The Hall–Kier alpha value is -0.0500. The molecule has 3 heteroatoms. The van der Waals surface area contributed by atoms with Crippen molar-refractivity contribution < 1.29 is 0 Å². The molecule has 1 aliphatic rings. The van der Waals surface area contributed by atoms with E-state index in [1.54, 1.807) is 0 Å². The van der Waals surface area contributed by atoms with Crippen LogP contribution < -0.4 is 5.73 Å². The van der Waals surface area contributed by atoms with E-state index in [-0.39, 0.29) is 0 Å². The van der Waals surface area contributed by atoms with E-state index in [9.17, 15) is 0 Å².